The van der Waals surface area contributed by atoms with E-state index in [1.807, 2.05) is 19.9 Å². The SMILES string of the molecule is Cc1cc(CN=C(N)N2CCCCCC2)nc(C)n1. The highest BCUT2D eigenvalue weighted by Crippen LogP contribution is 2.09. The molecule has 0 saturated carbocycles. The van der Waals surface area contributed by atoms with Crippen LogP contribution in [0.25, 0.3) is 0 Å². The van der Waals surface area contributed by atoms with Gasteiger partial charge >= 0.3 is 0 Å². The van der Waals surface area contributed by atoms with E-state index in [1.54, 1.807) is 0 Å². The van der Waals surface area contributed by atoms with Crippen LogP contribution >= 0.6 is 0 Å². The van der Waals surface area contributed by atoms with Crippen LogP contribution < -0.4 is 5.73 Å². The first-order valence-electron chi connectivity index (χ1n) is 7.01. The molecule has 1 fully saturated rings. The lowest BCUT2D eigenvalue weighted by molar-refractivity contribution is 0.428. The zero-order chi connectivity index (χ0) is 13.7. The number of aryl methyl sites for hydroxylation is 2. The van der Waals surface area contributed by atoms with Gasteiger partial charge in [-0.2, -0.15) is 0 Å². The van der Waals surface area contributed by atoms with Crippen LogP contribution in [0.15, 0.2) is 11.1 Å². The normalized spacial score (nSPS) is 17.4. The Balaban J connectivity index is 2.00. The summed E-state index contributed by atoms with van der Waals surface area (Å²) >= 11 is 0. The van der Waals surface area contributed by atoms with Crippen molar-refractivity contribution < 1.29 is 0 Å². The summed E-state index contributed by atoms with van der Waals surface area (Å²) in [4.78, 5) is 15.3. The third-order valence-electron chi connectivity index (χ3n) is 3.35. The molecule has 5 nitrogen and oxygen atoms in total. The summed E-state index contributed by atoms with van der Waals surface area (Å²) in [5.41, 5.74) is 7.99. The molecule has 1 aromatic rings. The van der Waals surface area contributed by atoms with Crippen LogP contribution in [0.2, 0.25) is 0 Å². The summed E-state index contributed by atoms with van der Waals surface area (Å²) in [5, 5.41) is 0. The van der Waals surface area contributed by atoms with Gasteiger partial charge in [-0.15, -0.1) is 0 Å². The van der Waals surface area contributed by atoms with Gasteiger partial charge in [-0.25, -0.2) is 15.0 Å². The van der Waals surface area contributed by atoms with Crippen molar-refractivity contribution in [2.75, 3.05) is 13.1 Å². The van der Waals surface area contributed by atoms with Gasteiger partial charge in [0.1, 0.15) is 5.82 Å². The molecule has 0 unspecified atom stereocenters. The van der Waals surface area contributed by atoms with Crippen LogP contribution in [0.1, 0.15) is 42.9 Å². The smallest absolute Gasteiger partial charge is 0.191 e. The largest absolute Gasteiger partial charge is 0.370 e. The lowest BCUT2D eigenvalue weighted by Crippen LogP contribution is -2.38. The molecule has 0 bridgehead atoms. The highest BCUT2D eigenvalue weighted by atomic mass is 15.2. The molecule has 19 heavy (non-hydrogen) atoms. The van der Waals surface area contributed by atoms with Gasteiger partial charge in [-0.05, 0) is 32.8 Å². The molecule has 0 aromatic carbocycles. The summed E-state index contributed by atoms with van der Waals surface area (Å²) in [6, 6.07) is 1.96. The molecule has 2 heterocycles. The van der Waals surface area contributed by atoms with Crippen LogP contribution in [-0.4, -0.2) is 33.9 Å². The van der Waals surface area contributed by atoms with Crippen LogP contribution in [0.5, 0.6) is 0 Å². The third kappa shape index (κ3) is 4.19. The second kappa shape index (κ2) is 6.50. The first kappa shape index (κ1) is 13.8. The summed E-state index contributed by atoms with van der Waals surface area (Å²) < 4.78 is 0. The number of nitrogens with two attached hydrogens (primary N) is 1. The molecule has 2 N–H and O–H groups in total. The van der Waals surface area contributed by atoms with Gasteiger partial charge in [0.15, 0.2) is 5.96 Å². The molecule has 5 heteroatoms. The quantitative estimate of drug-likeness (QED) is 0.651. The Morgan fingerprint density at radius 2 is 1.89 bits per heavy atom. The average Bonchev–Trinajstić information content (AvgIpc) is 2.63. The Labute approximate surface area is 115 Å². The van der Waals surface area contributed by atoms with E-state index in [-0.39, 0.29) is 0 Å². The molecule has 1 aromatic heterocycles. The topological polar surface area (TPSA) is 67.4 Å². The molecule has 1 aliphatic heterocycles. The van der Waals surface area contributed by atoms with Crippen molar-refractivity contribution >= 4 is 5.96 Å². The number of guanidine groups is 1. The molecular weight excluding hydrogens is 238 g/mol. The first-order chi connectivity index (χ1) is 9.15. The highest BCUT2D eigenvalue weighted by molar-refractivity contribution is 5.78. The molecule has 1 saturated heterocycles. The maximum absolute atomic E-state index is 6.07. The van der Waals surface area contributed by atoms with Gasteiger partial charge < -0.3 is 10.6 Å². The van der Waals surface area contributed by atoms with Crippen LogP contribution in [-0.2, 0) is 6.54 Å². The summed E-state index contributed by atoms with van der Waals surface area (Å²) in [6.07, 6.45) is 5.02. The number of nitrogens with zero attached hydrogens (tertiary/aromatic N) is 4. The van der Waals surface area contributed by atoms with Crippen molar-refractivity contribution in [2.45, 2.75) is 46.1 Å². The average molecular weight is 261 g/mol. The van der Waals surface area contributed by atoms with E-state index in [1.165, 1.54) is 25.7 Å². The zero-order valence-electron chi connectivity index (χ0n) is 11.9. The van der Waals surface area contributed by atoms with Gasteiger partial charge in [0, 0.05) is 18.8 Å². The Hall–Kier alpha value is -1.65. The Bertz CT molecular complexity index is 427. The van der Waals surface area contributed by atoms with E-state index in [4.69, 9.17) is 5.73 Å². The number of hydrogen-bond donors (Lipinski definition) is 1. The summed E-state index contributed by atoms with van der Waals surface area (Å²) in [6.45, 7) is 6.46. The first-order valence-corrected chi connectivity index (χ1v) is 7.01. The van der Waals surface area contributed by atoms with Gasteiger partial charge in [0.2, 0.25) is 0 Å². The monoisotopic (exact) mass is 261 g/mol. The molecule has 0 aliphatic carbocycles. The molecule has 0 spiro atoms. The van der Waals surface area contributed by atoms with Crippen molar-refractivity contribution in [2.24, 2.45) is 10.7 Å². The molecule has 0 atom stereocenters. The fourth-order valence-electron chi connectivity index (χ4n) is 2.44. The van der Waals surface area contributed by atoms with Crippen molar-refractivity contribution in [3.05, 3.63) is 23.3 Å². The van der Waals surface area contributed by atoms with Crippen molar-refractivity contribution in [1.29, 1.82) is 0 Å². The second-order valence-electron chi connectivity index (χ2n) is 5.12. The Morgan fingerprint density at radius 3 is 2.53 bits per heavy atom. The zero-order valence-corrected chi connectivity index (χ0v) is 11.9. The number of aliphatic imine (C=N–C) groups is 1. The predicted octanol–water partition coefficient (Wildman–Crippen LogP) is 1.78. The Morgan fingerprint density at radius 1 is 1.21 bits per heavy atom. The summed E-state index contributed by atoms with van der Waals surface area (Å²) in [5.74, 6) is 1.44. The van der Waals surface area contributed by atoms with Crippen molar-refractivity contribution in [3.8, 4) is 0 Å². The van der Waals surface area contributed by atoms with Crippen LogP contribution in [0.4, 0.5) is 0 Å². The fourth-order valence-corrected chi connectivity index (χ4v) is 2.44. The van der Waals surface area contributed by atoms with Crippen LogP contribution in [0, 0.1) is 13.8 Å². The molecule has 0 amide bonds. The number of rotatable bonds is 2. The lowest BCUT2D eigenvalue weighted by Gasteiger charge is -2.21. The molecule has 0 radical (unpaired) electrons. The highest BCUT2D eigenvalue weighted by Gasteiger charge is 2.10. The maximum Gasteiger partial charge on any atom is 0.191 e. The minimum atomic E-state index is 0.534. The number of aromatic nitrogens is 2. The number of hydrogen-bond acceptors (Lipinski definition) is 3. The molecule has 2 rings (SSSR count). The molecular formula is C14H23N5. The van der Waals surface area contributed by atoms with Gasteiger partial charge in [0.25, 0.3) is 0 Å². The van der Waals surface area contributed by atoms with E-state index in [2.05, 4.69) is 19.9 Å². The minimum Gasteiger partial charge on any atom is -0.370 e. The van der Waals surface area contributed by atoms with Crippen molar-refractivity contribution in [3.63, 3.8) is 0 Å². The molecule has 104 valence electrons. The van der Waals surface area contributed by atoms with E-state index in [0.29, 0.717) is 12.5 Å². The van der Waals surface area contributed by atoms with E-state index < -0.39 is 0 Å². The van der Waals surface area contributed by atoms with E-state index >= 15 is 0 Å². The molecule has 1 aliphatic rings. The lowest BCUT2D eigenvalue weighted by atomic mass is 10.2. The van der Waals surface area contributed by atoms with Gasteiger partial charge in [-0.1, -0.05) is 12.8 Å². The second-order valence-corrected chi connectivity index (χ2v) is 5.12. The summed E-state index contributed by atoms with van der Waals surface area (Å²) in [7, 11) is 0. The van der Waals surface area contributed by atoms with Crippen molar-refractivity contribution in [1.82, 2.24) is 14.9 Å². The minimum absolute atomic E-state index is 0.534. The number of likely N-dealkylation sites (tertiary alicyclic amines) is 1. The predicted molar refractivity (Wildman–Crippen MR) is 76.9 cm³/mol. The van der Waals surface area contributed by atoms with E-state index in [9.17, 15) is 0 Å². The van der Waals surface area contributed by atoms with Gasteiger partial charge in [0.05, 0.1) is 12.2 Å². The van der Waals surface area contributed by atoms with Gasteiger partial charge in [-0.3, -0.25) is 0 Å². The van der Waals surface area contributed by atoms with Crippen LogP contribution in [0.3, 0.4) is 0 Å². The third-order valence-corrected chi connectivity index (χ3v) is 3.35. The Kier molecular flexibility index (Phi) is 4.71. The standard InChI is InChI=1S/C14H23N5/c1-11-9-13(18-12(2)17-11)10-16-14(15)19-7-5-3-4-6-8-19/h9H,3-8,10H2,1-2H3,(H2,15,16). The fraction of sp³-hybridized carbons (Fsp3) is 0.643. The van der Waals surface area contributed by atoms with E-state index in [0.717, 1.165) is 30.3 Å². The maximum atomic E-state index is 6.07.